The minimum absolute atomic E-state index is 0.0738. The number of alkyl carbamates (subject to hydrolysis) is 2. The van der Waals surface area contributed by atoms with Crippen molar-refractivity contribution >= 4 is 18.2 Å². The fraction of sp³-hybridized carbons (Fsp3) is 0.270. The molecule has 0 fully saturated rings. The predicted octanol–water partition coefficient (Wildman–Crippen LogP) is 5.75. The molecule has 4 aromatic rings. The lowest BCUT2D eigenvalue weighted by Gasteiger charge is -2.20. The van der Waals surface area contributed by atoms with Crippen LogP contribution in [0.2, 0.25) is 0 Å². The summed E-state index contributed by atoms with van der Waals surface area (Å²) in [5, 5.41) is 15.7. The highest BCUT2D eigenvalue weighted by Gasteiger charge is 2.31. The highest BCUT2D eigenvalue weighted by atomic mass is 16.6. The molecule has 0 aliphatic heterocycles. The first-order chi connectivity index (χ1) is 22.4. The number of esters is 1. The maximum Gasteiger partial charge on any atom is 0.407 e. The first-order valence-electron chi connectivity index (χ1n) is 15.4. The Bertz CT molecular complexity index is 1650. The number of aliphatic hydroxyl groups excluding tert-OH is 1. The van der Waals surface area contributed by atoms with Crippen LogP contribution < -0.4 is 10.6 Å². The summed E-state index contributed by atoms with van der Waals surface area (Å²) in [7, 11) is 1.23. The second-order valence-electron chi connectivity index (χ2n) is 11.5. The van der Waals surface area contributed by atoms with E-state index in [1.807, 2.05) is 72.8 Å². The molecule has 0 radical (unpaired) electrons. The Morgan fingerprint density at radius 2 is 1.07 bits per heavy atom. The second-order valence-corrected chi connectivity index (χ2v) is 11.5. The van der Waals surface area contributed by atoms with Gasteiger partial charge in [-0.3, -0.25) is 0 Å². The molecule has 2 aliphatic rings. The smallest absolute Gasteiger partial charge is 0.407 e. The Kier molecular flexibility index (Phi) is 9.30. The number of carbonyl (C=O) groups is 3. The van der Waals surface area contributed by atoms with E-state index in [0.717, 1.165) is 44.5 Å². The van der Waals surface area contributed by atoms with E-state index in [4.69, 9.17) is 14.2 Å². The molecule has 0 spiro atoms. The minimum atomic E-state index is -1.04. The summed E-state index contributed by atoms with van der Waals surface area (Å²) >= 11 is 0. The molecule has 2 amide bonds. The number of nitrogens with one attached hydrogen (secondary N) is 2. The zero-order valence-electron chi connectivity index (χ0n) is 25.5. The van der Waals surface area contributed by atoms with Crippen LogP contribution >= 0.6 is 0 Å². The van der Waals surface area contributed by atoms with E-state index in [9.17, 15) is 19.5 Å². The average Bonchev–Trinajstić information content (AvgIpc) is 3.59. The number of ether oxygens (including phenoxy) is 3. The van der Waals surface area contributed by atoms with Gasteiger partial charge in [-0.25, -0.2) is 14.4 Å². The Labute approximate surface area is 267 Å². The van der Waals surface area contributed by atoms with Crippen LogP contribution in [-0.4, -0.2) is 62.3 Å². The molecule has 4 aromatic carbocycles. The van der Waals surface area contributed by atoms with Crippen molar-refractivity contribution in [3.63, 3.8) is 0 Å². The van der Waals surface area contributed by atoms with Crippen LogP contribution in [-0.2, 0) is 19.0 Å². The molecule has 9 heteroatoms. The molecular weight excluding hydrogens is 584 g/mol. The van der Waals surface area contributed by atoms with Crippen molar-refractivity contribution in [2.24, 2.45) is 0 Å². The van der Waals surface area contributed by atoms with Crippen molar-refractivity contribution in [2.45, 2.75) is 36.8 Å². The topological polar surface area (TPSA) is 123 Å². The zero-order valence-corrected chi connectivity index (χ0v) is 25.5. The molecule has 46 heavy (non-hydrogen) atoms. The third kappa shape index (κ3) is 6.46. The van der Waals surface area contributed by atoms with Crippen LogP contribution in [0, 0.1) is 0 Å². The van der Waals surface area contributed by atoms with Gasteiger partial charge in [0.1, 0.15) is 19.3 Å². The molecule has 2 aliphatic carbocycles. The van der Waals surface area contributed by atoms with Crippen LogP contribution in [0.4, 0.5) is 9.59 Å². The number of aliphatic hydroxyl groups is 1. The molecule has 0 saturated heterocycles. The van der Waals surface area contributed by atoms with Gasteiger partial charge in [-0.05, 0) is 57.3 Å². The second kappa shape index (κ2) is 13.9. The van der Waals surface area contributed by atoms with Gasteiger partial charge < -0.3 is 30.0 Å². The maximum atomic E-state index is 12.8. The molecule has 0 saturated carbocycles. The number of amides is 2. The Morgan fingerprint density at radius 1 is 0.652 bits per heavy atom. The number of fused-ring (bicyclic) bond motifs is 6. The standard InChI is InChI=1S/C37H36N2O7/c1-44-35(41)34(39-37(43)46-22-33-30-16-8-4-12-26(30)27-13-5-9-17-31(27)33)19-18-23(40)20-38-36(42)45-21-32-28-14-6-2-10-24(28)25-11-3-7-15-29(25)32/h2-17,23,32-34,40H,18-22H2,1H3,(H,38,42)(H,39,43)/t23-,34+/m1/s1. The van der Waals surface area contributed by atoms with Crippen LogP contribution in [0.25, 0.3) is 22.3 Å². The predicted molar refractivity (Wildman–Crippen MR) is 172 cm³/mol. The third-order valence-corrected chi connectivity index (χ3v) is 8.74. The lowest BCUT2D eigenvalue weighted by atomic mass is 9.98. The molecule has 236 valence electrons. The van der Waals surface area contributed by atoms with Crippen LogP contribution in [0.5, 0.6) is 0 Å². The largest absolute Gasteiger partial charge is 0.467 e. The molecule has 0 unspecified atom stereocenters. The summed E-state index contributed by atoms with van der Waals surface area (Å²) in [4.78, 5) is 37.7. The number of hydrogen-bond donors (Lipinski definition) is 3. The van der Waals surface area contributed by atoms with Crippen molar-refractivity contribution in [1.82, 2.24) is 10.6 Å². The van der Waals surface area contributed by atoms with E-state index in [1.165, 1.54) is 7.11 Å². The van der Waals surface area contributed by atoms with Gasteiger partial charge in [0, 0.05) is 18.4 Å². The number of benzene rings is 4. The molecule has 0 heterocycles. The molecule has 0 aromatic heterocycles. The fourth-order valence-corrected chi connectivity index (χ4v) is 6.49. The SMILES string of the molecule is COC(=O)[C@H](CC[C@@H](O)CNC(=O)OCC1c2ccccc2-c2ccccc21)NC(=O)OCC1c2ccccc2-c2ccccc21. The summed E-state index contributed by atoms with van der Waals surface area (Å²) in [5.41, 5.74) is 8.86. The lowest BCUT2D eigenvalue weighted by molar-refractivity contribution is -0.143. The third-order valence-electron chi connectivity index (χ3n) is 8.74. The lowest BCUT2D eigenvalue weighted by Crippen LogP contribution is -2.43. The van der Waals surface area contributed by atoms with E-state index >= 15 is 0 Å². The fourth-order valence-electron chi connectivity index (χ4n) is 6.49. The van der Waals surface area contributed by atoms with Crippen LogP contribution in [0.15, 0.2) is 97.1 Å². The van der Waals surface area contributed by atoms with Crippen molar-refractivity contribution in [3.05, 3.63) is 119 Å². The van der Waals surface area contributed by atoms with E-state index in [1.54, 1.807) is 0 Å². The van der Waals surface area contributed by atoms with Crippen molar-refractivity contribution < 1.29 is 33.7 Å². The molecule has 2 atom stereocenters. The van der Waals surface area contributed by atoms with Gasteiger partial charge in [-0.15, -0.1) is 0 Å². The number of hydrogen-bond acceptors (Lipinski definition) is 7. The van der Waals surface area contributed by atoms with Gasteiger partial charge in [0.05, 0.1) is 13.2 Å². The molecular formula is C37H36N2O7. The van der Waals surface area contributed by atoms with Crippen LogP contribution in [0.3, 0.4) is 0 Å². The monoisotopic (exact) mass is 620 g/mol. The van der Waals surface area contributed by atoms with E-state index in [-0.39, 0.29) is 44.4 Å². The Morgan fingerprint density at radius 3 is 1.50 bits per heavy atom. The molecule has 0 bridgehead atoms. The number of carbonyl (C=O) groups excluding carboxylic acids is 3. The van der Waals surface area contributed by atoms with Gasteiger partial charge in [-0.1, -0.05) is 97.1 Å². The maximum absolute atomic E-state index is 12.8. The van der Waals surface area contributed by atoms with Gasteiger partial charge in [0.2, 0.25) is 0 Å². The minimum Gasteiger partial charge on any atom is -0.467 e. The van der Waals surface area contributed by atoms with Gasteiger partial charge in [-0.2, -0.15) is 0 Å². The summed E-state index contributed by atoms with van der Waals surface area (Å²) in [6.45, 7) is 0.167. The highest BCUT2D eigenvalue weighted by molar-refractivity contribution is 5.82. The summed E-state index contributed by atoms with van der Waals surface area (Å²) in [5.74, 6) is -0.862. The van der Waals surface area contributed by atoms with Crippen molar-refractivity contribution in [2.75, 3.05) is 26.9 Å². The van der Waals surface area contributed by atoms with Gasteiger partial charge >= 0.3 is 18.2 Å². The molecule has 6 rings (SSSR count). The van der Waals surface area contributed by atoms with Gasteiger partial charge in [0.25, 0.3) is 0 Å². The summed E-state index contributed by atoms with van der Waals surface area (Å²) in [6, 6.07) is 31.1. The summed E-state index contributed by atoms with van der Waals surface area (Å²) < 4.78 is 16.0. The number of methoxy groups -OCH3 is 1. The Balaban J connectivity index is 0.964. The summed E-state index contributed by atoms with van der Waals surface area (Å²) in [6.07, 6.45) is -2.22. The van der Waals surface area contributed by atoms with E-state index in [0.29, 0.717) is 0 Å². The average molecular weight is 621 g/mol. The van der Waals surface area contributed by atoms with Crippen molar-refractivity contribution in [3.8, 4) is 22.3 Å². The van der Waals surface area contributed by atoms with Crippen LogP contribution in [0.1, 0.15) is 46.9 Å². The first-order valence-corrected chi connectivity index (χ1v) is 15.4. The van der Waals surface area contributed by atoms with E-state index in [2.05, 4.69) is 34.9 Å². The molecule has 3 N–H and O–H groups in total. The van der Waals surface area contributed by atoms with E-state index < -0.39 is 30.3 Å². The Hall–Kier alpha value is -5.15. The molecule has 9 nitrogen and oxygen atoms in total. The first kappa shape index (κ1) is 30.9. The zero-order chi connectivity index (χ0) is 32.0. The van der Waals surface area contributed by atoms with Gasteiger partial charge in [0.15, 0.2) is 0 Å². The quantitative estimate of drug-likeness (QED) is 0.144. The highest BCUT2D eigenvalue weighted by Crippen LogP contribution is 2.45. The number of rotatable bonds is 11. The normalized spacial score (nSPS) is 14.2. The van der Waals surface area contributed by atoms with Crippen molar-refractivity contribution in [1.29, 1.82) is 0 Å².